The molecule has 0 fully saturated rings. The third kappa shape index (κ3) is 20.3. The second-order valence-corrected chi connectivity index (χ2v) is 5.00. The minimum Gasteiger partial charge on any atom is -0.545 e. The van der Waals surface area contributed by atoms with Crippen LogP contribution in [-0.2, 0) is 14.3 Å². The molecule has 0 spiro atoms. The van der Waals surface area contributed by atoms with E-state index >= 15 is 0 Å². The molecule has 0 heterocycles. The Hall–Kier alpha value is 0.316. The van der Waals surface area contributed by atoms with Crippen LogP contribution in [0.4, 0.5) is 0 Å². The Bertz CT molecular complexity index is 290. The molecule has 0 aromatic rings. The van der Waals surface area contributed by atoms with Crippen LogP contribution < -0.4 is 56.5 Å². The number of carboxylic acid groups (broad SMARTS) is 1. The molecule has 0 rings (SSSR count). The van der Waals surface area contributed by atoms with Gasteiger partial charge in [-0.2, -0.15) is 0 Å². The van der Waals surface area contributed by atoms with E-state index in [0.717, 1.165) is 18.9 Å². The molecule has 4 nitrogen and oxygen atoms in total. The molecule has 0 unspecified atom stereocenters. The van der Waals surface area contributed by atoms with Gasteiger partial charge in [-0.25, -0.2) is 4.79 Å². The van der Waals surface area contributed by atoms with Gasteiger partial charge in [-0.1, -0.05) is 64.7 Å². The van der Waals surface area contributed by atoms with Crippen molar-refractivity contribution >= 4 is 11.9 Å². The summed E-state index contributed by atoms with van der Waals surface area (Å²) in [5, 5.41) is 10.1. The van der Waals surface area contributed by atoms with Gasteiger partial charge in [0, 0.05) is 6.08 Å². The number of carbonyl (C=O) groups is 2. The molecule has 116 valence electrons. The first kappa shape index (κ1) is 23.6. The summed E-state index contributed by atoms with van der Waals surface area (Å²) in [4.78, 5) is 21.1. The molecule has 0 amide bonds. The maximum atomic E-state index is 11.0. The second kappa shape index (κ2) is 18.4. The van der Waals surface area contributed by atoms with Crippen LogP contribution in [0.5, 0.6) is 0 Å². The average molecular weight is 322 g/mol. The molecule has 0 aliphatic carbocycles. The summed E-state index contributed by atoms with van der Waals surface area (Å²) in [6.45, 7) is 2.58. The number of esters is 1. The summed E-state index contributed by atoms with van der Waals surface area (Å²) >= 11 is 0. The number of carbonyl (C=O) groups excluding carboxylic acids is 2. The Morgan fingerprint density at radius 3 is 1.81 bits per heavy atom. The first-order valence-corrected chi connectivity index (χ1v) is 7.72. The van der Waals surface area contributed by atoms with E-state index < -0.39 is 11.9 Å². The van der Waals surface area contributed by atoms with Crippen LogP contribution in [-0.4, -0.2) is 18.5 Å². The van der Waals surface area contributed by atoms with E-state index in [1.165, 1.54) is 51.4 Å². The fraction of sp³-hybridized carbons (Fsp3) is 0.750. The summed E-state index contributed by atoms with van der Waals surface area (Å²) in [5.41, 5.74) is 0. The fourth-order valence-corrected chi connectivity index (χ4v) is 1.95. The summed E-state index contributed by atoms with van der Waals surface area (Å²) in [5.74, 6) is -2.01. The van der Waals surface area contributed by atoms with Gasteiger partial charge in [0.1, 0.15) is 0 Å². The molecule has 0 aliphatic heterocycles. The van der Waals surface area contributed by atoms with Gasteiger partial charge in [0.05, 0.1) is 12.6 Å². The Kier molecular flexibility index (Phi) is 20.6. The largest absolute Gasteiger partial charge is 1.00 e. The number of hydrogen-bond acceptors (Lipinski definition) is 4. The predicted molar refractivity (Wildman–Crippen MR) is 77.0 cm³/mol. The van der Waals surface area contributed by atoms with Crippen molar-refractivity contribution in [3.05, 3.63) is 12.2 Å². The molecule has 0 radical (unpaired) electrons. The van der Waals surface area contributed by atoms with E-state index in [9.17, 15) is 14.7 Å². The molecule has 0 bridgehead atoms. The van der Waals surface area contributed by atoms with E-state index in [1.54, 1.807) is 0 Å². The van der Waals surface area contributed by atoms with Crippen molar-refractivity contribution in [3.63, 3.8) is 0 Å². The summed E-state index contributed by atoms with van der Waals surface area (Å²) in [6.07, 6.45) is 13.8. The Labute approximate surface area is 171 Å². The molecule has 0 aromatic carbocycles. The van der Waals surface area contributed by atoms with Gasteiger partial charge >= 0.3 is 57.4 Å². The minimum absolute atomic E-state index is 0. The van der Waals surface area contributed by atoms with Crippen molar-refractivity contribution in [2.24, 2.45) is 0 Å². The monoisotopic (exact) mass is 322 g/mol. The number of ether oxygens (including phenoxy) is 1. The molecule has 0 aromatic heterocycles. The van der Waals surface area contributed by atoms with Gasteiger partial charge in [-0.15, -0.1) is 0 Å². The van der Waals surface area contributed by atoms with Crippen LogP contribution in [0.3, 0.4) is 0 Å². The van der Waals surface area contributed by atoms with Crippen molar-refractivity contribution in [2.75, 3.05) is 6.61 Å². The van der Waals surface area contributed by atoms with Crippen molar-refractivity contribution in [1.82, 2.24) is 0 Å². The average Bonchev–Trinajstić information content (AvgIpc) is 2.42. The van der Waals surface area contributed by atoms with Gasteiger partial charge in [0.25, 0.3) is 0 Å². The molecule has 5 heteroatoms. The molecule has 0 N–H and O–H groups in total. The van der Waals surface area contributed by atoms with Crippen molar-refractivity contribution in [2.45, 2.75) is 71.1 Å². The maximum absolute atomic E-state index is 11.0. The van der Waals surface area contributed by atoms with Gasteiger partial charge < -0.3 is 14.6 Å². The zero-order chi connectivity index (χ0) is 15.1. The number of carboxylic acids is 1. The molecule has 0 saturated carbocycles. The molecule has 0 saturated heterocycles. The summed E-state index contributed by atoms with van der Waals surface area (Å²) in [6, 6.07) is 0. The van der Waals surface area contributed by atoms with E-state index in [0.29, 0.717) is 12.7 Å². The topological polar surface area (TPSA) is 66.4 Å². The number of hydrogen-bond donors (Lipinski definition) is 0. The number of unbranched alkanes of at least 4 members (excludes halogenated alkanes) is 9. The van der Waals surface area contributed by atoms with Crippen LogP contribution in [0, 0.1) is 0 Å². The smallest absolute Gasteiger partial charge is 0.545 e. The second-order valence-electron chi connectivity index (χ2n) is 5.00. The van der Waals surface area contributed by atoms with E-state index in [2.05, 4.69) is 6.92 Å². The Balaban J connectivity index is 0. The van der Waals surface area contributed by atoms with Crippen LogP contribution in [0.15, 0.2) is 12.2 Å². The van der Waals surface area contributed by atoms with Crippen molar-refractivity contribution < 1.29 is 70.8 Å². The van der Waals surface area contributed by atoms with E-state index in [4.69, 9.17) is 4.74 Å². The molecule has 21 heavy (non-hydrogen) atoms. The van der Waals surface area contributed by atoms with Crippen LogP contribution >= 0.6 is 0 Å². The quantitative estimate of drug-likeness (QED) is 0.203. The standard InChI is InChI=1S/C16H28O4.K/c1-2-3-4-5-6-7-8-9-10-11-14-20-16(19)13-12-15(17)18;/h12-13H,2-11,14H2,1H3,(H,17,18);/q;+1/p-1/b13-12+;. The summed E-state index contributed by atoms with van der Waals surface area (Å²) in [7, 11) is 0. The first-order chi connectivity index (χ1) is 9.66. The minimum atomic E-state index is -1.39. The van der Waals surface area contributed by atoms with Gasteiger partial charge in [-0.3, -0.25) is 0 Å². The number of rotatable bonds is 13. The number of aliphatic carboxylic acids is 1. The first-order valence-electron chi connectivity index (χ1n) is 7.72. The molecule has 0 aliphatic rings. The normalized spacial score (nSPS) is 10.3. The fourth-order valence-electron chi connectivity index (χ4n) is 1.95. The zero-order valence-corrected chi connectivity index (χ0v) is 16.7. The summed E-state index contributed by atoms with van der Waals surface area (Å²) < 4.78 is 4.85. The molecular formula is C16H27KO4. The van der Waals surface area contributed by atoms with Crippen LogP contribution in [0.25, 0.3) is 0 Å². The molecular weight excluding hydrogens is 295 g/mol. The predicted octanol–water partition coefficient (Wildman–Crippen LogP) is -0.239. The van der Waals surface area contributed by atoms with Crippen molar-refractivity contribution in [3.8, 4) is 0 Å². The third-order valence-corrected chi connectivity index (χ3v) is 3.10. The SMILES string of the molecule is CCCCCCCCCCCCOC(=O)/C=C/C(=O)[O-].[K+]. The van der Waals surface area contributed by atoms with Gasteiger partial charge in [0.2, 0.25) is 0 Å². The van der Waals surface area contributed by atoms with Gasteiger partial charge in [0.15, 0.2) is 0 Å². The van der Waals surface area contributed by atoms with E-state index in [-0.39, 0.29) is 51.4 Å². The maximum Gasteiger partial charge on any atom is 1.00 e. The molecule has 0 atom stereocenters. The van der Waals surface area contributed by atoms with E-state index in [1.807, 2.05) is 0 Å². The Morgan fingerprint density at radius 1 is 0.857 bits per heavy atom. The third-order valence-electron chi connectivity index (χ3n) is 3.10. The van der Waals surface area contributed by atoms with Crippen molar-refractivity contribution in [1.29, 1.82) is 0 Å². The zero-order valence-electron chi connectivity index (χ0n) is 13.6. The van der Waals surface area contributed by atoms with Crippen LogP contribution in [0.1, 0.15) is 71.1 Å². The Morgan fingerprint density at radius 2 is 1.33 bits per heavy atom. The van der Waals surface area contributed by atoms with Gasteiger partial charge in [-0.05, 0) is 12.5 Å². The van der Waals surface area contributed by atoms with Crippen LogP contribution in [0.2, 0.25) is 0 Å².